The minimum Gasteiger partial charge on any atom is -0.481 e. The molecule has 0 amide bonds. The summed E-state index contributed by atoms with van der Waals surface area (Å²) in [5.74, 6) is -0.301. The summed E-state index contributed by atoms with van der Waals surface area (Å²) in [6.07, 6.45) is 7.38. The first-order valence-corrected chi connectivity index (χ1v) is 13.7. The van der Waals surface area contributed by atoms with Gasteiger partial charge in [0.15, 0.2) is 0 Å². The van der Waals surface area contributed by atoms with Crippen LogP contribution in [0.3, 0.4) is 0 Å². The van der Waals surface area contributed by atoms with Crippen molar-refractivity contribution in [3.8, 4) is 0 Å². The molecule has 35 heavy (non-hydrogen) atoms. The molecule has 0 bridgehead atoms. The molecule has 0 saturated heterocycles. The maximum atomic E-state index is 12.8. The van der Waals surface area contributed by atoms with Crippen molar-refractivity contribution in [3.63, 3.8) is 0 Å². The van der Waals surface area contributed by atoms with Crippen molar-refractivity contribution in [3.05, 3.63) is 23.3 Å². The SMILES string of the molecule is CC1(C)CC[C@]2(C(=O)O)CC[C@]3(C)C(=C2[C@@H]1O)C=C[C@@H]1[C@@]2(C)C[C@@H](O)[C@H](O)C(C)(C)[C@@H]2CC[C@]13C. The van der Waals surface area contributed by atoms with Gasteiger partial charge in [0.25, 0.3) is 0 Å². The lowest BCUT2D eigenvalue weighted by molar-refractivity contribution is -0.217. The number of carbonyl (C=O) groups is 1. The minimum absolute atomic E-state index is 0.126. The summed E-state index contributed by atoms with van der Waals surface area (Å²) in [7, 11) is 0. The molecule has 0 radical (unpaired) electrons. The molecule has 5 aliphatic rings. The van der Waals surface area contributed by atoms with Gasteiger partial charge >= 0.3 is 5.97 Å². The van der Waals surface area contributed by atoms with Crippen LogP contribution in [0.15, 0.2) is 23.3 Å². The monoisotopic (exact) mass is 486 g/mol. The molecule has 5 rings (SSSR count). The van der Waals surface area contributed by atoms with Crippen LogP contribution in [0.5, 0.6) is 0 Å². The highest BCUT2D eigenvalue weighted by atomic mass is 16.4. The van der Waals surface area contributed by atoms with E-state index < -0.39 is 29.7 Å². The highest BCUT2D eigenvalue weighted by Gasteiger charge is 2.69. The quantitative estimate of drug-likeness (QED) is 0.414. The van der Waals surface area contributed by atoms with Crippen molar-refractivity contribution in [2.75, 3.05) is 0 Å². The van der Waals surface area contributed by atoms with Crippen molar-refractivity contribution in [1.29, 1.82) is 0 Å². The number of rotatable bonds is 1. The van der Waals surface area contributed by atoms with E-state index in [1.165, 1.54) is 0 Å². The molecule has 9 atom stereocenters. The Hall–Kier alpha value is -1.17. The van der Waals surface area contributed by atoms with Crippen molar-refractivity contribution in [2.45, 2.75) is 112 Å². The van der Waals surface area contributed by atoms with Gasteiger partial charge in [-0.25, -0.2) is 0 Å². The number of carboxylic acids is 1. The third-order valence-electron chi connectivity index (χ3n) is 12.6. The van der Waals surface area contributed by atoms with Crippen LogP contribution in [0.25, 0.3) is 0 Å². The Morgan fingerprint density at radius 1 is 0.914 bits per heavy atom. The summed E-state index contributed by atoms with van der Waals surface area (Å²) in [6.45, 7) is 15.3. The lowest BCUT2D eigenvalue weighted by atomic mass is 9.35. The summed E-state index contributed by atoms with van der Waals surface area (Å²) in [5, 5.41) is 43.9. The Morgan fingerprint density at radius 2 is 1.54 bits per heavy atom. The number of allylic oxidation sites excluding steroid dienone is 3. The number of fused-ring (bicyclic) bond motifs is 6. The molecule has 4 N–H and O–H groups in total. The van der Waals surface area contributed by atoms with E-state index in [2.05, 4.69) is 60.6 Å². The molecular weight excluding hydrogens is 440 g/mol. The van der Waals surface area contributed by atoms with Gasteiger partial charge in [0.1, 0.15) is 0 Å². The third-order valence-corrected chi connectivity index (χ3v) is 12.6. The van der Waals surface area contributed by atoms with E-state index in [4.69, 9.17) is 0 Å². The zero-order valence-electron chi connectivity index (χ0n) is 22.7. The normalized spacial score (nSPS) is 52.1. The molecule has 0 aliphatic heterocycles. The summed E-state index contributed by atoms with van der Waals surface area (Å²) in [5.41, 5.74) is -0.450. The van der Waals surface area contributed by atoms with Gasteiger partial charge in [0, 0.05) is 0 Å². The molecule has 196 valence electrons. The molecule has 3 saturated carbocycles. The number of hydrogen-bond donors (Lipinski definition) is 4. The van der Waals surface area contributed by atoms with Crippen LogP contribution < -0.4 is 0 Å². The standard InChI is InChI=1S/C30H46O5/c1-25(2)12-14-30(24(34)35)15-13-28(6)17(21(30)23(25)33)8-9-20-27(5)16-18(31)22(32)26(3,4)19(27)10-11-29(20,28)7/h8-9,18-20,22-23,31-33H,10-16H2,1-7H3,(H,34,35)/t18-,19+,20-,22+,23+,27+,28-,29-,30+/m1/s1. The first kappa shape index (κ1) is 25.5. The maximum Gasteiger partial charge on any atom is 0.313 e. The fraction of sp³-hybridized carbons (Fsp3) is 0.833. The Labute approximate surface area is 210 Å². The Balaban J connectivity index is 1.71. The predicted octanol–water partition coefficient (Wildman–Crippen LogP) is 5.10. The summed E-state index contributed by atoms with van der Waals surface area (Å²) < 4.78 is 0. The molecule has 5 heteroatoms. The number of carboxylic acid groups (broad SMARTS) is 1. The average molecular weight is 487 g/mol. The van der Waals surface area contributed by atoms with Gasteiger partial charge < -0.3 is 20.4 Å². The predicted molar refractivity (Wildman–Crippen MR) is 135 cm³/mol. The summed E-state index contributed by atoms with van der Waals surface area (Å²) >= 11 is 0. The van der Waals surface area contributed by atoms with E-state index in [0.29, 0.717) is 25.7 Å². The van der Waals surface area contributed by atoms with Crippen LogP contribution >= 0.6 is 0 Å². The Kier molecular flexibility index (Phi) is 5.26. The van der Waals surface area contributed by atoms with Crippen LogP contribution in [-0.4, -0.2) is 44.7 Å². The number of aliphatic hydroxyl groups excluding tert-OH is 3. The molecule has 0 aromatic carbocycles. The molecule has 0 spiro atoms. The van der Waals surface area contributed by atoms with E-state index in [1.807, 2.05) is 0 Å². The van der Waals surface area contributed by atoms with E-state index in [1.54, 1.807) is 0 Å². The highest BCUT2D eigenvalue weighted by molar-refractivity contribution is 5.81. The third kappa shape index (κ3) is 2.89. The highest BCUT2D eigenvalue weighted by Crippen LogP contribution is 2.74. The topological polar surface area (TPSA) is 98.0 Å². The Morgan fingerprint density at radius 3 is 2.17 bits per heavy atom. The van der Waals surface area contributed by atoms with Crippen LogP contribution in [0.2, 0.25) is 0 Å². The van der Waals surface area contributed by atoms with Crippen LogP contribution in [-0.2, 0) is 4.79 Å². The second-order valence-electron chi connectivity index (χ2n) is 14.8. The van der Waals surface area contributed by atoms with Crippen LogP contribution in [0.4, 0.5) is 0 Å². The van der Waals surface area contributed by atoms with Crippen LogP contribution in [0.1, 0.15) is 93.4 Å². The number of aliphatic hydroxyl groups is 3. The van der Waals surface area contributed by atoms with Gasteiger partial charge in [-0.05, 0) is 95.0 Å². The van der Waals surface area contributed by atoms with Crippen molar-refractivity contribution in [1.82, 2.24) is 0 Å². The zero-order valence-corrected chi connectivity index (χ0v) is 22.7. The van der Waals surface area contributed by atoms with E-state index in [-0.39, 0.29) is 38.9 Å². The first-order chi connectivity index (χ1) is 16.0. The van der Waals surface area contributed by atoms with Crippen molar-refractivity contribution < 1.29 is 25.2 Å². The number of hydrogen-bond acceptors (Lipinski definition) is 4. The second-order valence-corrected chi connectivity index (χ2v) is 14.8. The summed E-state index contributed by atoms with van der Waals surface area (Å²) in [6, 6.07) is 0. The van der Waals surface area contributed by atoms with Gasteiger partial charge in [-0.1, -0.05) is 60.6 Å². The molecular formula is C30H46O5. The largest absolute Gasteiger partial charge is 0.481 e. The minimum atomic E-state index is -0.981. The van der Waals surface area contributed by atoms with Gasteiger partial charge in [-0.15, -0.1) is 0 Å². The molecule has 5 aliphatic carbocycles. The van der Waals surface area contributed by atoms with E-state index in [0.717, 1.165) is 30.4 Å². The lowest BCUT2D eigenvalue weighted by Gasteiger charge is -2.69. The fourth-order valence-corrected chi connectivity index (χ4v) is 10.1. The molecule has 5 nitrogen and oxygen atoms in total. The van der Waals surface area contributed by atoms with E-state index in [9.17, 15) is 25.2 Å². The van der Waals surface area contributed by atoms with E-state index >= 15 is 0 Å². The molecule has 0 unspecified atom stereocenters. The average Bonchev–Trinajstić information content (AvgIpc) is 2.75. The van der Waals surface area contributed by atoms with Crippen LogP contribution in [0, 0.1) is 44.3 Å². The molecule has 3 fully saturated rings. The Bertz CT molecular complexity index is 1010. The molecule has 0 aromatic rings. The van der Waals surface area contributed by atoms with Gasteiger partial charge in [-0.2, -0.15) is 0 Å². The molecule has 0 heterocycles. The zero-order chi connectivity index (χ0) is 26.0. The molecule has 0 aromatic heterocycles. The second kappa shape index (κ2) is 7.23. The van der Waals surface area contributed by atoms with Crippen molar-refractivity contribution in [2.24, 2.45) is 44.3 Å². The lowest BCUT2D eigenvalue weighted by Crippen LogP contribution is -2.66. The summed E-state index contributed by atoms with van der Waals surface area (Å²) in [4.78, 5) is 12.8. The number of aliphatic carboxylic acids is 1. The smallest absolute Gasteiger partial charge is 0.313 e. The first-order valence-electron chi connectivity index (χ1n) is 13.7. The van der Waals surface area contributed by atoms with Crippen molar-refractivity contribution >= 4 is 5.97 Å². The maximum absolute atomic E-state index is 12.8. The van der Waals surface area contributed by atoms with Gasteiger partial charge in [0.2, 0.25) is 0 Å². The fourth-order valence-electron chi connectivity index (χ4n) is 10.1. The van der Waals surface area contributed by atoms with Gasteiger partial charge in [0.05, 0.1) is 23.7 Å². The van der Waals surface area contributed by atoms with Gasteiger partial charge in [-0.3, -0.25) is 4.79 Å².